The highest BCUT2D eigenvalue weighted by molar-refractivity contribution is 6.32. The van der Waals surface area contributed by atoms with Crippen molar-refractivity contribution < 1.29 is 9.47 Å². The van der Waals surface area contributed by atoms with E-state index in [9.17, 15) is 0 Å². The Bertz CT molecular complexity index is 933. The van der Waals surface area contributed by atoms with E-state index < -0.39 is 0 Å². The van der Waals surface area contributed by atoms with Crippen LogP contribution in [-0.2, 0) is 6.54 Å². The number of rotatable bonds is 7. The molecule has 0 aliphatic heterocycles. The van der Waals surface area contributed by atoms with Crippen molar-refractivity contribution in [3.63, 3.8) is 0 Å². The van der Waals surface area contributed by atoms with Gasteiger partial charge >= 0.3 is 0 Å². The molecule has 0 fully saturated rings. The highest BCUT2D eigenvalue weighted by Crippen LogP contribution is 2.26. The van der Waals surface area contributed by atoms with Gasteiger partial charge in [0.15, 0.2) is 6.61 Å². The predicted octanol–water partition coefficient (Wildman–Crippen LogP) is 5.28. The summed E-state index contributed by atoms with van der Waals surface area (Å²) in [5, 5.41) is 10.6. The maximum atomic E-state index is 8.64. The van der Waals surface area contributed by atoms with E-state index in [0.29, 0.717) is 12.4 Å². The summed E-state index contributed by atoms with van der Waals surface area (Å²) in [5.74, 6) is 1.57. The minimum Gasteiger partial charge on any atom is -0.494 e. The quantitative estimate of drug-likeness (QED) is 0.533. The number of nitrogens with zero attached hydrogens (tertiary/aromatic N) is 2. The first kappa shape index (κ1) is 18.2. The van der Waals surface area contributed by atoms with Crippen molar-refractivity contribution in [2.45, 2.75) is 26.8 Å². The Hall–Kier alpha value is -2.64. The van der Waals surface area contributed by atoms with Gasteiger partial charge in [-0.1, -0.05) is 11.6 Å². The number of aromatic nitrogens is 1. The number of halogens is 1. The standard InChI is InChI=1S/C21H21ClN2O2/c1-15-12-19(13-16(2)21(15)22)25-10-3-8-24-9-6-17-4-5-18(14-20(17)24)26-11-7-23/h4-6,9,12-14H,3,8,10-11H2,1-2H3. The summed E-state index contributed by atoms with van der Waals surface area (Å²) >= 11 is 6.19. The van der Waals surface area contributed by atoms with Crippen LogP contribution in [-0.4, -0.2) is 17.8 Å². The average Bonchev–Trinajstić information content (AvgIpc) is 3.03. The fraction of sp³-hybridized carbons (Fsp3) is 0.286. The van der Waals surface area contributed by atoms with Crippen molar-refractivity contribution in [3.8, 4) is 17.6 Å². The summed E-state index contributed by atoms with van der Waals surface area (Å²) in [6, 6.07) is 13.9. The number of hydrogen-bond donors (Lipinski definition) is 0. The van der Waals surface area contributed by atoms with Gasteiger partial charge in [0.2, 0.25) is 0 Å². The molecule has 134 valence electrons. The van der Waals surface area contributed by atoms with Gasteiger partial charge in [-0.15, -0.1) is 0 Å². The monoisotopic (exact) mass is 368 g/mol. The van der Waals surface area contributed by atoms with Crippen LogP contribution in [0.1, 0.15) is 17.5 Å². The van der Waals surface area contributed by atoms with Crippen LogP contribution in [0.3, 0.4) is 0 Å². The van der Waals surface area contributed by atoms with E-state index in [4.69, 9.17) is 26.3 Å². The zero-order valence-electron chi connectivity index (χ0n) is 15.0. The van der Waals surface area contributed by atoms with Gasteiger partial charge in [-0.05, 0) is 67.1 Å². The van der Waals surface area contributed by atoms with Crippen LogP contribution in [0.25, 0.3) is 10.9 Å². The highest BCUT2D eigenvalue weighted by atomic mass is 35.5. The molecule has 1 heterocycles. The molecular formula is C21H21ClN2O2. The molecule has 5 heteroatoms. The summed E-state index contributed by atoms with van der Waals surface area (Å²) < 4.78 is 13.4. The van der Waals surface area contributed by atoms with E-state index in [1.807, 2.05) is 50.2 Å². The maximum Gasteiger partial charge on any atom is 0.174 e. The van der Waals surface area contributed by atoms with E-state index in [2.05, 4.69) is 16.8 Å². The number of ether oxygens (including phenoxy) is 2. The summed E-state index contributed by atoms with van der Waals surface area (Å²) in [5.41, 5.74) is 3.16. The summed E-state index contributed by atoms with van der Waals surface area (Å²) in [6.45, 7) is 5.50. The van der Waals surface area contributed by atoms with Crippen molar-refractivity contribution in [1.29, 1.82) is 5.26 Å². The molecule has 26 heavy (non-hydrogen) atoms. The van der Waals surface area contributed by atoms with Gasteiger partial charge in [-0.3, -0.25) is 0 Å². The fourth-order valence-corrected chi connectivity index (χ4v) is 3.09. The first-order valence-electron chi connectivity index (χ1n) is 8.56. The maximum absolute atomic E-state index is 8.64. The lowest BCUT2D eigenvalue weighted by molar-refractivity contribution is 0.302. The summed E-state index contributed by atoms with van der Waals surface area (Å²) in [4.78, 5) is 0. The van der Waals surface area contributed by atoms with Gasteiger partial charge in [0.1, 0.15) is 17.6 Å². The van der Waals surface area contributed by atoms with Gasteiger partial charge < -0.3 is 14.0 Å². The Morgan fingerprint density at radius 1 is 1.04 bits per heavy atom. The molecule has 0 atom stereocenters. The molecule has 2 aromatic carbocycles. The number of aryl methyl sites for hydroxylation is 3. The molecule has 0 aliphatic rings. The van der Waals surface area contributed by atoms with E-state index >= 15 is 0 Å². The van der Waals surface area contributed by atoms with Crippen molar-refractivity contribution in [1.82, 2.24) is 4.57 Å². The molecule has 3 rings (SSSR count). The average molecular weight is 369 g/mol. The van der Waals surface area contributed by atoms with Gasteiger partial charge in [0.25, 0.3) is 0 Å². The van der Waals surface area contributed by atoms with Crippen LogP contribution in [0.2, 0.25) is 5.02 Å². The predicted molar refractivity (Wildman–Crippen MR) is 104 cm³/mol. The third-order valence-corrected chi connectivity index (χ3v) is 4.87. The van der Waals surface area contributed by atoms with E-state index in [1.54, 1.807) is 0 Å². The molecular weight excluding hydrogens is 348 g/mol. The lowest BCUT2D eigenvalue weighted by Crippen LogP contribution is -2.04. The highest BCUT2D eigenvalue weighted by Gasteiger charge is 2.05. The summed E-state index contributed by atoms with van der Waals surface area (Å²) in [6.07, 6.45) is 2.95. The van der Waals surface area contributed by atoms with E-state index in [1.165, 1.54) is 0 Å². The third-order valence-electron chi connectivity index (χ3n) is 4.27. The molecule has 0 N–H and O–H groups in total. The molecule has 0 unspecified atom stereocenters. The van der Waals surface area contributed by atoms with E-state index in [0.717, 1.165) is 45.8 Å². The second-order valence-electron chi connectivity index (χ2n) is 6.25. The fourth-order valence-electron chi connectivity index (χ4n) is 2.98. The van der Waals surface area contributed by atoms with Crippen molar-refractivity contribution in [2.75, 3.05) is 13.2 Å². The van der Waals surface area contributed by atoms with Crippen LogP contribution in [0.5, 0.6) is 11.5 Å². The first-order chi connectivity index (χ1) is 12.6. The zero-order chi connectivity index (χ0) is 18.5. The lowest BCUT2D eigenvalue weighted by atomic mass is 10.1. The molecule has 4 nitrogen and oxygen atoms in total. The van der Waals surface area contributed by atoms with Crippen LogP contribution < -0.4 is 9.47 Å². The SMILES string of the molecule is Cc1cc(OCCCn2ccc3ccc(OCC#N)cc32)cc(C)c1Cl. The van der Waals surface area contributed by atoms with Gasteiger partial charge in [-0.2, -0.15) is 5.26 Å². The molecule has 0 saturated heterocycles. The largest absolute Gasteiger partial charge is 0.494 e. The second-order valence-corrected chi connectivity index (χ2v) is 6.63. The molecule has 1 aromatic heterocycles. The van der Waals surface area contributed by atoms with Gasteiger partial charge in [0.05, 0.1) is 12.1 Å². The van der Waals surface area contributed by atoms with E-state index in [-0.39, 0.29) is 6.61 Å². The molecule has 0 saturated carbocycles. The Morgan fingerprint density at radius 3 is 2.54 bits per heavy atom. The van der Waals surface area contributed by atoms with Crippen molar-refractivity contribution in [3.05, 3.63) is 58.7 Å². The third kappa shape index (κ3) is 4.12. The first-order valence-corrected chi connectivity index (χ1v) is 8.94. The van der Waals surface area contributed by atoms with Crippen LogP contribution in [0.4, 0.5) is 0 Å². The second kappa shape index (κ2) is 8.16. The molecule has 0 aliphatic carbocycles. The minimum absolute atomic E-state index is 0.0555. The molecule has 0 bridgehead atoms. The van der Waals surface area contributed by atoms with Crippen LogP contribution in [0.15, 0.2) is 42.6 Å². The van der Waals surface area contributed by atoms with Crippen molar-refractivity contribution >= 4 is 22.5 Å². The lowest BCUT2D eigenvalue weighted by Gasteiger charge is -2.11. The normalized spacial score (nSPS) is 10.7. The molecule has 0 radical (unpaired) electrons. The number of benzene rings is 2. The smallest absolute Gasteiger partial charge is 0.174 e. The molecule has 0 amide bonds. The molecule has 3 aromatic rings. The Balaban J connectivity index is 1.60. The van der Waals surface area contributed by atoms with Gasteiger partial charge in [0, 0.05) is 23.8 Å². The topological polar surface area (TPSA) is 47.2 Å². The van der Waals surface area contributed by atoms with Crippen molar-refractivity contribution in [2.24, 2.45) is 0 Å². The Morgan fingerprint density at radius 2 is 1.81 bits per heavy atom. The Labute approximate surface area is 158 Å². The summed E-state index contributed by atoms with van der Waals surface area (Å²) in [7, 11) is 0. The number of hydrogen-bond acceptors (Lipinski definition) is 3. The van der Waals surface area contributed by atoms with Gasteiger partial charge in [-0.25, -0.2) is 0 Å². The zero-order valence-corrected chi connectivity index (χ0v) is 15.7. The van der Waals surface area contributed by atoms with Crippen LogP contribution in [0, 0.1) is 25.2 Å². The Kier molecular flexibility index (Phi) is 5.70. The number of fused-ring (bicyclic) bond motifs is 1. The number of nitriles is 1. The molecule has 0 spiro atoms. The van der Waals surface area contributed by atoms with Crippen LogP contribution >= 0.6 is 11.6 Å². The minimum atomic E-state index is 0.0555.